The van der Waals surface area contributed by atoms with E-state index < -0.39 is 0 Å². The maximum Gasteiger partial charge on any atom is 0.184 e. The fraction of sp³-hybridized carbons (Fsp3) is 0.647. The van der Waals surface area contributed by atoms with Crippen molar-refractivity contribution < 1.29 is 9.47 Å². The van der Waals surface area contributed by atoms with Gasteiger partial charge < -0.3 is 15.2 Å². The summed E-state index contributed by atoms with van der Waals surface area (Å²) in [6.07, 6.45) is 1.16. The zero-order chi connectivity index (χ0) is 15.2. The fourth-order valence-electron chi connectivity index (χ4n) is 3.50. The Hall–Kier alpha value is -1.42. The first-order valence-electron chi connectivity index (χ1n) is 7.81. The molecule has 3 rings (SSSR count). The van der Waals surface area contributed by atoms with Crippen molar-refractivity contribution in [2.45, 2.75) is 45.6 Å². The molecule has 0 radical (unpaired) electrons. The van der Waals surface area contributed by atoms with Crippen LogP contribution in [0.4, 0.5) is 5.69 Å². The van der Waals surface area contributed by atoms with E-state index in [2.05, 4.69) is 32.6 Å². The minimum atomic E-state index is 0.216. The lowest BCUT2D eigenvalue weighted by atomic mass is 9.91. The second-order valence-electron chi connectivity index (χ2n) is 7.15. The normalized spacial score (nSPS) is 22.6. The molecule has 1 fully saturated rings. The van der Waals surface area contributed by atoms with Crippen LogP contribution in [0.3, 0.4) is 0 Å². The number of ether oxygens (including phenoxy) is 2. The third kappa shape index (κ3) is 2.57. The Morgan fingerprint density at radius 2 is 1.86 bits per heavy atom. The average Bonchev–Trinajstić information content (AvgIpc) is 2.88. The van der Waals surface area contributed by atoms with Crippen LogP contribution in [0.1, 0.15) is 44.2 Å². The summed E-state index contributed by atoms with van der Waals surface area (Å²) in [5.41, 5.74) is 9.52. The van der Waals surface area contributed by atoms with E-state index in [1.54, 1.807) is 0 Å². The predicted molar refractivity (Wildman–Crippen MR) is 85.3 cm³/mol. The molecule has 0 saturated carbocycles. The number of likely N-dealkylation sites (tertiary alicyclic amines) is 1. The monoisotopic (exact) mass is 290 g/mol. The molecule has 4 heteroatoms. The molecule has 0 bridgehead atoms. The first-order chi connectivity index (χ1) is 9.88. The summed E-state index contributed by atoms with van der Waals surface area (Å²) in [5.74, 6) is 2.14. The van der Waals surface area contributed by atoms with Crippen LogP contribution in [0.15, 0.2) is 6.07 Å². The number of anilines is 1. The van der Waals surface area contributed by atoms with Crippen LogP contribution in [-0.2, 0) is 0 Å². The van der Waals surface area contributed by atoms with Crippen LogP contribution < -0.4 is 15.2 Å². The van der Waals surface area contributed by atoms with Gasteiger partial charge in [0.2, 0.25) is 0 Å². The summed E-state index contributed by atoms with van der Waals surface area (Å²) < 4.78 is 11.7. The van der Waals surface area contributed by atoms with Crippen molar-refractivity contribution >= 4 is 5.69 Å². The molecule has 1 aromatic carbocycles. The van der Waals surface area contributed by atoms with Crippen LogP contribution in [0.5, 0.6) is 11.5 Å². The molecule has 1 unspecified atom stereocenters. The Morgan fingerprint density at radius 3 is 2.48 bits per heavy atom. The van der Waals surface area contributed by atoms with Crippen LogP contribution in [0.25, 0.3) is 0 Å². The standard InChI is InChI=1S/C17H26N2O2/c1-11-9-13(18)15-16(21-8-7-20-15)14(11)12-5-6-19(10-12)17(2,3)4/h9,12H,5-8,10,18H2,1-4H3. The second-order valence-corrected chi connectivity index (χ2v) is 7.15. The number of benzene rings is 1. The Labute approximate surface area is 127 Å². The van der Waals surface area contributed by atoms with Gasteiger partial charge in [-0.3, -0.25) is 4.90 Å². The molecular formula is C17H26N2O2. The van der Waals surface area contributed by atoms with E-state index in [-0.39, 0.29) is 5.54 Å². The van der Waals surface area contributed by atoms with Crippen molar-refractivity contribution in [1.29, 1.82) is 0 Å². The molecule has 1 aromatic rings. The van der Waals surface area contributed by atoms with Crippen molar-refractivity contribution in [1.82, 2.24) is 4.90 Å². The summed E-state index contributed by atoms with van der Waals surface area (Å²) in [4.78, 5) is 2.55. The number of aryl methyl sites for hydroxylation is 1. The highest BCUT2D eigenvalue weighted by Crippen LogP contribution is 2.46. The van der Waals surface area contributed by atoms with Gasteiger partial charge in [0.1, 0.15) is 13.2 Å². The molecule has 0 spiro atoms. The van der Waals surface area contributed by atoms with E-state index in [0.717, 1.165) is 31.0 Å². The third-order valence-corrected chi connectivity index (χ3v) is 4.63. The Kier molecular flexibility index (Phi) is 3.52. The van der Waals surface area contributed by atoms with Crippen LogP contribution in [0, 0.1) is 6.92 Å². The number of hydrogen-bond donors (Lipinski definition) is 1. The first kappa shape index (κ1) is 14.5. The van der Waals surface area contributed by atoms with Gasteiger partial charge >= 0.3 is 0 Å². The highest BCUT2D eigenvalue weighted by Gasteiger charge is 2.35. The van der Waals surface area contributed by atoms with Crippen LogP contribution in [0.2, 0.25) is 0 Å². The maximum absolute atomic E-state index is 6.09. The largest absolute Gasteiger partial charge is 0.486 e. The maximum atomic E-state index is 6.09. The van der Waals surface area contributed by atoms with Gasteiger partial charge in [0, 0.05) is 23.6 Å². The van der Waals surface area contributed by atoms with Crippen molar-refractivity contribution in [2.24, 2.45) is 0 Å². The molecule has 0 aromatic heterocycles. The Morgan fingerprint density at radius 1 is 1.19 bits per heavy atom. The lowest BCUT2D eigenvalue weighted by molar-refractivity contribution is 0.165. The van der Waals surface area contributed by atoms with Crippen molar-refractivity contribution in [2.75, 3.05) is 32.0 Å². The first-order valence-corrected chi connectivity index (χ1v) is 7.81. The number of nitrogens with two attached hydrogens (primary N) is 1. The molecular weight excluding hydrogens is 264 g/mol. The molecule has 4 nitrogen and oxygen atoms in total. The van der Waals surface area contributed by atoms with Gasteiger partial charge in [-0.2, -0.15) is 0 Å². The molecule has 0 amide bonds. The molecule has 0 aliphatic carbocycles. The lowest BCUT2D eigenvalue weighted by Crippen LogP contribution is -2.39. The van der Waals surface area contributed by atoms with Gasteiger partial charge in [-0.25, -0.2) is 0 Å². The van der Waals surface area contributed by atoms with Crippen molar-refractivity contribution in [3.63, 3.8) is 0 Å². The summed E-state index contributed by atoms with van der Waals surface area (Å²) >= 11 is 0. The van der Waals surface area contributed by atoms with E-state index in [1.165, 1.54) is 11.1 Å². The molecule has 1 atom stereocenters. The second kappa shape index (κ2) is 5.09. The molecule has 2 heterocycles. The van der Waals surface area contributed by atoms with Gasteiger partial charge in [0.05, 0.1) is 5.69 Å². The summed E-state index contributed by atoms with van der Waals surface area (Å²) in [5, 5.41) is 0. The number of hydrogen-bond acceptors (Lipinski definition) is 4. The molecule has 2 N–H and O–H groups in total. The average molecular weight is 290 g/mol. The zero-order valence-corrected chi connectivity index (χ0v) is 13.5. The van der Waals surface area contributed by atoms with E-state index in [4.69, 9.17) is 15.2 Å². The quantitative estimate of drug-likeness (QED) is 0.808. The third-order valence-electron chi connectivity index (χ3n) is 4.63. The summed E-state index contributed by atoms with van der Waals surface area (Å²) in [6.45, 7) is 12.4. The van der Waals surface area contributed by atoms with Crippen LogP contribution >= 0.6 is 0 Å². The van der Waals surface area contributed by atoms with E-state index in [1.807, 2.05) is 6.07 Å². The van der Waals surface area contributed by atoms with Gasteiger partial charge in [-0.15, -0.1) is 0 Å². The molecule has 2 aliphatic rings. The van der Waals surface area contributed by atoms with E-state index >= 15 is 0 Å². The fourth-order valence-corrected chi connectivity index (χ4v) is 3.50. The van der Waals surface area contributed by atoms with Crippen molar-refractivity contribution in [3.05, 3.63) is 17.2 Å². The topological polar surface area (TPSA) is 47.7 Å². The van der Waals surface area contributed by atoms with Crippen molar-refractivity contribution in [3.8, 4) is 11.5 Å². The molecule has 21 heavy (non-hydrogen) atoms. The minimum absolute atomic E-state index is 0.216. The SMILES string of the molecule is Cc1cc(N)c2c(c1C1CCN(C(C)(C)C)C1)OCCO2. The number of nitrogens with zero attached hydrogens (tertiary/aromatic N) is 1. The number of nitrogen functional groups attached to an aromatic ring is 1. The summed E-state index contributed by atoms with van der Waals surface area (Å²) in [6, 6.07) is 2.03. The van der Waals surface area contributed by atoms with Gasteiger partial charge in [-0.05, 0) is 52.3 Å². The zero-order valence-electron chi connectivity index (χ0n) is 13.5. The number of rotatable bonds is 1. The van der Waals surface area contributed by atoms with Gasteiger partial charge in [-0.1, -0.05) is 0 Å². The van der Waals surface area contributed by atoms with Crippen LogP contribution in [-0.4, -0.2) is 36.7 Å². The highest BCUT2D eigenvalue weighted by molar-refractivity contribution is 5.67. The molecule has 116 valence electrons. The van der Waals surface area contributed by atoms with Gasteiger partial charge in [0.15, 0.2) is 11.5 Å². The van der Waals surface area contributed by atoms with Gasteiger partial charge in [0.25, 0.3) is 0 Å². The molecule has 1 saturated heterocycles. The predicted octanol–water partition coefficient (Wildman–Crippen LogP) is 2.94. The minimum Gasteiger partial charge on any atom is -0.486 e. The lowest BCUT2D eigenvalue weighted by Gasteiger charge is -2.32. The van der Waals surface area contributed by atoms with E-state index in [9.17, 15) is 0 Å². The highest BCUT2D eigenvalue weighted by atomic mass is 16.6. The summed E-state index contributed by atoms with van der Waals surface area (Å²) in [7, 11) is 0. The smallest absolute Gasteiger partial charge is 0.184 e. The Bertz CT molecular complexity index is 549. The van der Waals surface area contributed by atoms with E-state index in [0.29, 0.717) is 24.8 Å². The number of fused-ring (bicyclic) bond motifs is 1. The molecule has 2 aliphatic heterocycles. The Balaban J connectivity index is 1.96.